The Kier molecular flexibility index (Phi) is 6.03. The monoisotopic (exact) mass is 415 g/mol. The Balaban J connectivity index is 1.33. The molecule has 2 aromatic carbocycles. The maximum Gasteiger partial charge on any atom is 0.251 e. The third-order valence-electron chi connectivity index (χ3n) is 4.90. The van der Waals surface area contributed by atoms with E-state index >= 15 is 0 Å². The van der Waals surface area contributed by atoms with Crippen LogP contribution < -0.4 is 15.0 Å². The second-order valence-corrected chi connectivity index (χ2v) is 7.11. The summed E-state index contributed by atoms with van der Waals surface area (Å²) in [5.74, 6) is 0.0202. The lowest BCUT2D eigenvalue weighted by Crippen LogP contribution is -2.28. The molecule has 2 heterocycles. The number of nitrogens with zero attached hydrogens (tertiary/aromatic N) is 2. The Morgan fingerprint density at radius 3 is 2.45 bits per heavy atom. The fourth-order valence-corrected chi connectivity index (χ4v) is 3.30. The number of amides is 3. The lowest BCUT2D eigenvalue weighted by Gasteiger charge is -2.14. The molecule has 7 heteroatoms. The molecule has 4 rings (SSSR count). The number of hydrogen-bond donors (Lipinski definition) is 1. The second kappa shape index (κ2) is 9.21. The molecule has 3 amide bonds. The van der Waals surface area contributed by atoms with Crippen molar-refractivity contribution in [2.45, 2.75) is 26.0 Å². The highest BCUT2D eigenvalue weighted by molar-refractivity contribution is 6.19. The smallest absolute Gasteiger partial charge is 0.251 e. The number of aromatic nitrogens is 1. The molecule has 1 fully saturated rings. The Morgan fingerprint density at radius 1 is 0.968 bits per heavy atom. The van der Waals surface area contributed by atoms with Crippen molar-refractivity contribution < 1.29 is 19.1 Å². The molecule has 7 nitrogen and oxygen atoms in total. The molecule has 1 aliphatic heterocycles. The van der Waals surface area contributed by atoms with Crippen LogP contribution in [0.15, 0.2) is 72.9 Å². The number of carbonyl (C=O) groups excluding carboxylic acids is 3. The van der Waals surface area contributed by atoms with Crippen LogP contribution >= 0.6 is 0 Å². The van der Waals surface area contributed by atoms with E-state index < -0.39 is 0 Å². The van der Waals surface area contributed by atoms with Gasteiger partial charge in [0, 0.05) is 31.1 Å². The minimum atomic E-state index is -0.245. The highest BCUT2D eigenvalue weighted by Crippen LogP contribution is 2.23. The third kappa shape index (κ3) is 4.95. The fourth-order valence-electron chi connectivity index (χ4n) is 3.30. The van der Waals surface area contributed by atoms with Crippen LogP contribution in [-0.2, 0) is 22.7 Å². The highest BCUT2D eigenvalue weighted by atomic mass is 16.5. The van der Waals surface area contributed by atoms with Gasteiger partial charge in [-0.05, 0) is 54.1 Å². The minimum absolute atomic E-state index is 0.215. The van der Waals surface area contributed by atoms with E-state index in [1.807, 2.05) is 42.5 Å². The van der Waals surface area contributed by atoms with E-state index in [1.54, 1.807) is 30.5 Å². The van der Waals surface area contributed by atoms with Crippen LogP contribution in [-0.4, -0.2) is 22.7 Å². The van der Waals surface area contributed by atoms with E-state index in [9.17, 15) is 14.4 Å². The Bertz CT molecular complexity index is 1080. The van der Waals surface area contributed by atoms with Gasteiger partial charge in [-0.1, -0.05) is 18.2 Å². The van der Waals surface area contributed by atoms with Crippen molar-refractivity contribution in [3.63, 3.8) is 0 Å². The molecule has 156 valence electrons. The fraction of sp³-hybridized carbons (Fsp3) is 0.167. The van der Waals surface area contributed by atoms with E-state index in [1.165, 1.54) is 0 Å². The Hall–Kier alpha value is -4.00. The molecule has 0 atom stereocenters. The first-order chi connectivity index (χ1) is 15.1. The molecule has 0 spiro atoms. The van der Waals surface area contributed by atoms with Crippen molar-refractivity contribution in [3.05, 3.63) is 89.7 Å². The topological polar surface area (TPSA) is 88.6 Å². The van der Waals surface area contributed by atoms with Gasteiger partial charge < -0.3 is 10.1 Å². The van der Waals surface area contributed by atoms with Crippen LogP contribution in [0.1, 0.15) is 34.5 Å². The number of carbonyl (C=O) groups is 3. The molecular formula is C24H21N3O4. The Morgan fingerprint density at radius 2 is 1.74 bits per heavy atom. The van der Waals surface area contributed by atoms with Gasteiger partial charge in [0.15, 0.2) is 0 Å². The highest BCUT2D eigenvalue weighted by Gasteiger charge is 2.30. The lowest BCUT2D eigenvalue weighted by atomic mass is 10.1. The number of imide groups is 1. The molecule has 1 aliphatic rings. The van der Waals surface area contributed by atoms with E-state index in [0.29, 0.717) is 30.2 Å². The predicted octanol–water partition coefficient (Wildman–Crippen LogP) is 3.24. The first-order valence-corrected chi connectivity index (χ1v) is 9.96. The summed E-state index contributed by atoms with van der Waals surface area (Å²) in [6.07, 6.45) is 2.18. The molecule has 0 saturated carbocycles. The van der Waals surface area contributed by atoms with Crippen molar-refractivity contribution in [1.82, 2.24) is 10.3 Å². The third-order valence-corrected chi connectivity index (χ3v) is 4.90. The zero-order valence-electron chi connectivity index (χ0n) is 16.8. The number of rotatable bonds is 7. The van der Waals surface area contributed by atoms with Crippen LogP contribution in [0, 0.1) is 0 Å². The predicted molar refractivity (Wildman–Crippen MR) is 114 cm³/mol. The van der Waals surface area contributed by atoms with Crippen molar-refractivity contribution in [3.8, 4) is 5.75 Å². The largest absolute Gasteiger partial charge is 0.487 e. The molecule has 31 heavy (non-hydrogen) atoms. The average molecular weight is 415 g/mol. The second-order valence-electron chi connectivity index (χ2n) is 7.11. The van der Waals surface area contributed by atoms with Crippen LogP contribution in [0.4, 0.5) is 5.69 Å². The number of pyridine rings is 1. The summed E-state index contributed by atoms with van der Waals surface area (Å²) < 4.78 is 5.77. The molecule has 0 bridgehead atoms. The van der Waals surface area contributed by atoms with Gasteiger partial charge in [0.2, 0.25) is 11.8 Å². The van der Waals surface area contributed by atoms with E-state index in [-0.39, 0.29) is 30.6 Å². The molecule has 0 aliphatic carbocycles. The van der Waals surface area contributed by atoms with Crippen LogP contribution in [0.3, 0.4) is 0 Å². The minimum Gasteiger partial charge on any atom is -0.487 e. The van der Waals surface area contributed by atoms with Crippen molar-refractivity contribution in [1.29, 1.82) is 0 Å². The summed E-state index contributed by atoms with van der Waals surface area (Å²) in [6.45, 7) is 0.704. The van der Waals surface area contributed by atoms with Gasteiger partial charge >= 0.3 is 0 Å². The van der Waals surface area contributed by atoms with Crippen molar-refractivity contribution in [2.24, 2.45) is 0 Å². The summed E-state index contributed by atoms with van der Waals surface area (Å²) in [7, 11) is 0. The zero-order chi connectivity index (χ0) is 21.6. The standard InChI is InChI=1S/C24H21N3O4/c28-22-11-12-23(29)27(22)20-9-7-18(8-10-20)24(30)26-15-17-4-3-6-21(14-17)31-16-19-5-1-2-13-25-19/h1-10,13-14H,11-12,15-16H2,(H,26,30). The molecule has 1 saturated heterocycles. The molecule has 1 N–H and O–H groups in total. The lowest BCUT2D eigenvalue weighted by molar-refractivity contribution is -0.121. The molecule has 3 aromatic rings. The SMILES string of the molecule is O=C(NCc1cccc(OCc2ccccn2)c1)c1ccc(N2C(=O)CCC2=O)cc1. The van der Waals surface area contributed by atoms with Gasteiger partial charge in [-0.15, -0.1) is 0 Å². The summed E-state index contributed by atoms with van der Waals surface area (Å²) in [4.78, 5) is 41.5. The van der Waals surface area contributed by atoms with E-state index in [2.05, 4.69) is 10.3 Å². The number of hydrogen-bond acceptors (Lipinski definition) is 5. The molecular weight excluding hydrogens is 394 g/mol. The van der Waals surface area contributed by atoms with Crippen LogP contribution in [0.25, 0.3) is 0 Å². The van der Waals surface area contributed by atoms with Gasteiger partial charge in [-0.3, -0.25) is 24.3 Å². The normalized spacial score (nSPS) is 13.4. The van der Waals surface area contributed by atoms with Crippen LogP contribution in [0.2, 0.25) is 0 Å². The van der Waals surface area contributed by atoms with Gasteiger partial charge in [-0.25, -0.2) is 0 Å². The number of ether oxygens (including phenoxy) is 1. The van der Waals surface area contributed by atoms with E-state index in [0.717, 1.165) is 16.2 Å². The molecule has 1 aromatic heterocycles. The van der Waals surface area contributed by atoms with Crippen LogP contribution in [0.5, 0.6) is 5.75 Å². The zero-order valence-corrected chi connectivity index (χ0v) is 16.8. The summed E-state index contributed by atoms with van der Waals surface area (Å²) in [5.41, 5.74) is 2.67. The van der Waals surface area contributed by atoms with Gasteiger partial charge in [0.1, 0.15) is 12.4 Å². The van der Waals surface area contributed by atoms with Gasteiger partial charge in [0.25, 0.3) is 5.91 Å². The first-order valence-electron chi connectivity index (χ1n) is 9.96. The molecule has 0 radical (unpaired) electrons. The average Bonchev–Trinajstić information content (AvgIpc) is 3.15. The van der Waals surface area contributed by atoms with Gasteiger partial charge in [-0.2, -0.15) is 0 Å². The summed E-state index contributed by atoms with van der Waals surface area (Å²) in [6, 6.07) is 19.6. The van der Waals surface area contributed by atoms with Crippen molar-refractivity contribution >= 4 is 23.4 Å². The van der Waals surface area contributed by atoms with Crippen molar-refractivity contribution in [2.75, 3.05) is 4.90 Å². The Labute approximate surface area is 179 Å². The number of benzene rings is 2. The number of anilines is 1. The van der Waals surface area contributed by atoms with E-state index in [4.69, 9.17) is 4.74 Å². The first kappa shape index (κ1) is 20.3. The maximum atomic E-state index is 12.5. The van der Waals surface area contributed by atoms with Gasteiger partial charge in [0.05, 0.1) is 11.4 Å². The molecule has 0 unspecified atom stereocenters. The maximum absolute atomic E-state index is 12.5. The number of nitrogens with one attached hydrogen (secondary N) is 1. The summed E-state index contributed by atoms with van der Waals surface area (Å²) >= 11 is 0. The summed E-state index contributed by atoms with van der Waals surface area (Å²) in [5, 5.41) is 2.87. The quantitative estimate of drug-likeness (QED) is 0.599.